The highest BCUT2D eigenvalue weighted by atomic mass is 16.7. The summed E-state index contributed by atoms with van der Waals surface area (Å²) in [6.45, 7) is 0.472. The van der Waals surface area contributed by atoms with Crippen molar-refractivity contribution in [1.29, 1.82) is 0 Å². The van der Waals surface area contributed by atoms with Crippen molar-refractivity contribution in [3.8, 4) is 17.2 Å². The van der Waals surface area contributed by atoms with Gasteiger partial charge in [0.2, 0.25) is 12.7 Å². The number of fused-ring (bicyclic) bond motifs is 2. The summed E-state index contributed by atoms with van der Waals surface area (Å²) in [6.07, 6.45) is 0. The first-order valence-electron chi connectivity index (χ1n) is 6.45. The van der Waals surface area contributed by atoms with Gasteiger partial charge in [0.05, 0.1) is 0 Å². The van der Waals surface area contributed by atoms with Crippen LogP contribution in [0.2, 0.25) is 0 Å². The van der Waals surface area contributed by atoms with Crippen LogP contribution in [0.3, 0.4) is 0 Å². The van der Waals surface area contributed by atoms with E-state index in [1.807, 2.05) is 18.2 Å². The van der Waals surface area contributed by atoms with E-state index in [0.29, 0.717) is 28.7 Å². The van der Waals surface area contributed by atoms with Crippen LogP contribution in [0.4, 0.5) is 5.69 Å². The molecule has 2 N–H and O–H groups in total. The monoisotopic (exact) mass is 284 g/mol. The molecule has 3 aromatic rings. The number of rotatable bonds is 3. The zero-order chi connectivity index (χ0) is 14.2. The second-order valence-electron chi connectivity index (χ2n) is 4.64. The Labute approximate surface area is 120 Å². The van der Waals surface area contributed by atoms with Crippen LogP contribution in [0.25, 0.3) is 11.1 Å². The summed E-state index contributed by atoms with van der Waals surface area (Å²) in [7, 11) is 0. The maximum absolute atomic E-state index is 5.71. The first kappa shape index (κ1) is 11.9. The fourth-order valence-electron chi connectivity index (χ4n) is 2.16. The molecular weight excluding hydrogens is 272 g/mol. The minimum Gasteiger partial charge on any atom is -0.484 e. The number of aromatic nitrogens is 1. The average Bonchev–Trinajstić information content (AvgIpc) is 3.09. The quantitative estimate of drug-likeness (QED) is 0.745. The van der Waals surface area contributed by atoms with Crippen LogP contribution in [0.15, 0.2) is 40.8 Å². The number of nitrogens with zero attached hydrogens (tertiary/aromatic N) is 1. The molecule has 21 heavy (non-hydrogen) atoms. The van der Waals surface area contributed by atoms with Gasteiger partial charge in [-0.1, -0.05) is 0 Å². The topological polar surface area (TPSA) is 79.7 Å². The Morgan fingerprint density at radius 1 is 1.10 bits per heavy atom. The van der Waals surface area contributed by atoms with Crippen LogP contribution in [0, 0.1) is 0 Å². The normalized spacial score (nSPS) is 12.8. The van der Waals surface area contributed by atoms with Gasteiger partial charge in [0, 0.05) is 17.8 Å². The Bertz CT molecular complexity index is 813. The minimum absolute atomic E-state index is 0.230. The van der Waals surface area contributed by atoms with Crippen LogP contribution in [-0.4, -0.2) is 11.8 Å². The lowest BCUT2D eigenvalue weighted by Gasteiger charge is -2.04. The van der Waals surface area contributed by atoms with Crippen molar-refractivity contribution < 1.29 is 18.6 Å². The fraction of sp³-hybridized carbons (Fsp3) is 0.133. The molecule has 0 amide bonds. The number of benzene rings is 2. The van der Waals surface area contributed by atoms with E-state index in [0.717, 1.165) is 11.3 Å². The van der Waals surface area contributed by atoms with E-state index in [1.54, 1.807) is 18.2 Å². The molecule has 6 heteroatoms. The summed E-state index contributed by atoms with van der Waals surface area (Å²) in [6, 6.07) is 10.7. The third-order valence-corrected chi connectivity index (χ3v) is 3.16. The van der Waals surface area contributed by atoms with E-state index < -0.39 is 0 Å². The summed E-state index contributed by atoms with van der Waals surface area (Å²) < 4.78 is 21.8. The van der Waals surface area contributed by atoms with Gasteiger partial charge in [-0.25, -0.2) is 4.98 Å². The summed E-state index contributed by atoms with van der Waals surface area (Å²) >= 11 is 0. The average molecular weight is 284 g/mol. The summed E-state index contributed by atoms with van der Waals surface area (Å²) in [5.74, 6) is 2.56. The minimum atomic E-state index is 0.230. The van der Waals surface area contributed by atoms with Crippen LogP contribution in [0.5, 0.6) is 17.2 Å². The van der Waals surface area contributed by atoms with Crippen molar-refractivity contribution >= 4 is 16.8 Å². The zero-order valence-electron chi connectivity index (χ0n) is 11.0. The molecule has 2 heterocycles. The van der Waals surface area contributed by atoms with Gasteiger partial charge < -0.3 is 24.4 Å². The lowest BCUT2D eigenvalue weighted by molar-refractivity contribution is 0.173. The molecule has 4 rings (SSSR count). The van der Waals surface area contributed by atoms with Crippen LogP contribution < -0.4 is 19.9 Å². The Hall–Kier alpha value is -2.89. The first-order valence-corrected chi connectivity index (χ1v) is 6.45. The van der Waals surface area contributed by atoms with Gasteiger partial charge >= 0.3 is 0 Å². The first-order chi connectivity index (χ1) is 10.3. The van der Waals surface area contributed by atoms with E-state index in [2.05, 4.69) is 4.98 Å². The van der Waals surface area contributed by atoms with Crippen molar-refractivity contribution in [1.82, 2.24) is 4.98 Å². The molecule has 0 saturated heterocycles. The molecule has 0 aliphatic carbocycles. The van der Waals surface area contributed by atoms with Crippen molar-refractivity contribution in [2.24, 2.45) is 0 Å². The lowest BCUT2D eigenvalue weighted by atomic mass is 10.3. The third kappa shape index (κ3) is 2.20. The highest BCUT2D eigenvalue weighted by Crippen LogP contribution is 2.35. The van der Waals surface area contributed by atoms with E-state index in [1.165, 1.54) is 0 Å². The van der Waals surface area contributed by atoms with Crippen molar-refractivity contribution in [2.45, 2.75) is 6.61 Å². The van der Waals surface area contributed by atoms with Gasteiger partial charge in [-0.3, -0.25) is 0 Å². The lowest BCUT2D eigenvalue weighted by Crippen LogP contribution is -1.95. The molecule has 1 aliphatic heterocycles. The Morgan fingerprint density at radius 3 is 2.95 bits per heavy atom. The second-order valence-corrected chi connectivity index (χ2v) is 4.64. The number of nitrogen functional groups attached to an aromatic ring is 1. The Balaban J connectivity index is 1.52. The SMILES string of the molecule is Nc1ccc2nc(COc3ccc4c(c3)OCO4)oc2c1. The molecule has 1 aromatic heterocycles. The molecule has 0 saturated carbocycles. The van der Waals surface area contributed by atoms with Crippen molar-refractivity contribution in [3.63, 3.8) is 0 Å². The van der Waals surface area contributed by atoms with Crippen LogP contribution >= 0.6 is 0 Å². The highest BCUT2D eigenvalue weighted by molar-refractivity contribution is 5.76. The van der Waals surface area contributed by atoms with E-state index >= 15 is 0 Å². The molecule has 2 aromatic carbocycles. The smallest absolute Gasteiger partial charge is 0.233 e. The largest absolute Gasteiger partial charge is 0.484 e. The number of anilines is 1. The summed E-state index contributed by atoms with van der Waals surface area (Å²) in [4.78, 5) is 4.34. The van der Waals surface area contributed by atoms with E-state index in [9.17, 15) is 0 Å². The van der Waals surface area contributed by atoms with Crippen LogP contribution in [-0.2, 0) is 6.61 Å². The molecule has 0 radical (unpaired) electrons. The van der Waals surface area contributed by atoms with Gasteiger partial charge in [0.1, 0.15) is 11.3 Å². The van der Waals surface area contributed by atoms with Gasteiger partial charge in [-0.2, -0.15) is 0 Å². The van der Waals surface area contributed by atoms with Crippen molar-refractivity contribution in [3.05, 3.63) is 42.3 Å². The molecule has 0 spiro atoms. The second kappa shape index (κ2) is 4.59. The maximum Gasteiger partial charge on any atom is 0.233 e. The fourth-order valence-corrected chi connectivity index (χ4v) is 2.16. The van der Waals surface area contributed by atoms with Crippen LogP contribution in [0.1, 0.15) is 5.89 Å². The number of hydrogen-bond donors (Lipinski definition) is 1. The number of nitrogens with two attached hydrogens (primary N) is 1. The highest BCUT2D eigenvalue weighted by Gasteiger charge is 2.14. The molecule has 0 fully saturated rings. The summed E-state index contributed by atoms with van der Waals surface area (Å²) in [5.41, 5.74) is 7.76. The number of oxazole rings is 1. The van der Waals surface area contributed by atoms with Gasteiger partial charge in [-0.05, 0) is 24.3 Å². The third-order valence-electron chi connectivity index (χ3n) is 3.16. The number of ether oxygens (including phenoxy) is 3. The van der Waals surface area contributed by atoms with E-state index in [-0.39, 0.29) is 13.4 Å². The van der Waals surface area contributed by atoms with Gasteiger partial charge in [-0.15, -0.1) is 0 Å². The maximum atomic E-state index is 5.71. The molecule has 0 bridgehead atoms. The molecule has 0 atom stereocenters. The predicted octanol–water partition coefficient (Wildman–Crippen LogP) is 2.72. The Kier molecular flexibility index (Phi) is 2.60. The van der Waals surface area contributed by atoms with E-state index in [4.69, 9.17) is 24.4 Å². The van der Waals surface area contributed by atoms with Gasteiger partial charge in [0.15, 0.2) is 23.7 Å². The number of hydrogen-bond acceptors (Lipinski definition) is 6. The molecule has 1 aliphatic rings. The molecule has 106 valence electrons. The summed E-state index contributed by atoms with van der Waals surface area (Å²) in [5, 5.41) is 0. The Morgan fingerprint density at radius 2 is 2.00 bits per heavy atom. The standard InChI is InChI=1S/C15H12N2O4/c16-9-1-3-11-13(5-9)21-15(17-11)7-18-10-2-4-12-14(6-10)20-8-19-12/h1-6H,7-8,16H2. The molecule has 0 unspecified atom stereocenters. The predicted molar refractivity (Wildman–Crippen MR) is 75.3 cm³/mol. The zero-order valence-corrected chi connectivity index (χ0v) is 11.0. The van der Waals surface area contributed by atoms with Gasteiger partial charge in [0.25, 0.3) is 0 Å². The van der Waals surface area contributed by atoms with Crippen molar-refractivity contribution in [2.75, 3.05) is 12.5 Å². The molecular formula is C15H12N2O4. The molecule has 6 nitrogen and oxygen atoms in total.